The maximum Gasteiger partial charge on any atom is 0.314 e. The lowest BCUT2D eigenvalue weighted by atomic mass is 9.82. The van der Waals surface area contributed by atoms with Gasteiger partial charge in [0.05, 0.1) is 19.0 Å². The molecule has 0 amide bonds. The number of piperidine rings is 3. The second-order valence-corrected chi connectivity index (χ2v) is 10.5. The number of ketones is 1. The van der Waals surface area contributed by atoms with E-state index in [2.05, 4.69) is 25.1 Å². The number of hydrogen-bond acceptors (Lipinski definition) is 3. The molecule has 4 heteroatoms. The van der Waals surface area contributed by atoms with Crippen LogP contribution in [0.15, 0.2) is 84.9 Å². The molecule has 3 aliphatic heterocycles. The van der Waals surface area contributed by atoms with Gasteiger partial charge < -0.3 is 9.22 Å². The molecule has 3 aromatic rings. The summed E-state index contributed by atoms with van der Waals surface area (Å²) < 4.78 is 7.07. The molecule has 3 aromatic carbocycles. The van der Waals surface area contributed by atoms with Gasteiger partial charge in [0.1, 0.15) is 13.1 Å². The number of nitrogens with zero attached hydrogens (tertiary/aromatic N) is 1. The molecule has 3 fully saturated rings. The number of aryl methyl sites for hydroxylation is 1. The molecule has 2 unspecified atom stereocenters. The van der Waals surface area contributed by atoms with Crippen LogP contribution in [0.25, 0.3) is 0 Å². The zero-order valence-corrected chi connectivity index (χ0v) is 21.1. The number of fused-ring (bicyclic) bond motifs is 3. The molecule has 0 spiro atoms. The van der Waals surface area contributed by atoms with Gasteiger partial charge >= 0.3 is 5.97 Å². The van der Waals surface area contributed by atoms with E-state index in [1.54, 1.807) is 0 Å². The molecule has 3 aliphatic rings. The van der Waals surface area contributed by atoms with Crippen molar-refractivity contribution < 1.29 is 18.8 Å². The summed E-state index contributed by atoms with van der Waals surface area (Å²) in [5.74, 6) is 0.0895. The number of benzene rings is 3. The van der Waals surface area contributed by atoms with Crippen molar-refractivity contribution in [3.8, 4) is 0 Å². The Morgan fingerprint density at radius 3 is 2.14 bits per heavy atom. The molecule has 3 saturated heterocycles. The highest BCUT2D eigenvalue weighted by Gasteiger charge is 2.49. The molecule has 6 rings (SSSR count). The monoisotopic (exact) mass is 482 g/mol. The van der Waals surface area contributed by atoms with E-state index in [4.69, 9.17) is 4.74 Å². The number of carbonyl (C=O) groups excluding carboxylic acids is 2. The number of quaternary nitrogens is 1. The van der Waals surface area contributed by atoms with Gasteiger partial charge in [0.2, 0.25) is 5.78 Å². The highest BCUT2D eigenvalue weighted by molar-refractivity contribution is 5.97. The first kappa shape index (κ1) is 24.5. The number of carbonyl (C=O) groups is 2. The standard InChI is InChI=1S/C32H36NO3/c1-2-24-11-9-10-16-28(24)21-29(25-12-5-3-6-13-25)32(35)36-31-23-33(19-17-27(31)18-20-33)22-30(34)26-14-7-4-8-15-26/h3-16,27,29,31H,2,17-23H2,1H3/q+1. The fourth-order valence-electron chi connectivity index (χ4n) is 6.17. The first-order valence-electron chi connectivity index (χ1n) is 13.3. The van der Waals surface area contributed by atoms with Gasteiger partial charge in [-0.15, -0.1) is 0 Å². The van der Waals surface area contributed by atoms with Crippen LogP contribution in [0.2, 0.25) is 0 Å². The van der Waals surface area contributed by atoms with E-state index in [0.717, 1.165) is 54.5 Å². The van der Waals surface area contributed by atoms with Crippen molar-refractivity contribution >= 4 is 11.8 Å². The quantitative estimate of drug-likeness (QED) is 0.226. The van der Waals surface area contributed by atoms with Crippen LogP contribution in [-0.4, -0.2) is 48.5 Å². The summed E-state index contributed by atoms with van der Waals surface area (Å²) >= 11 is 0. The van der Waals surface area contributed by atoms with Crippen LogP contribution in [0.1, 0.15) is 52.7 Å². The molecule has 4 nitrogen and oxygen atoms in total. The number of esters is 1. The van der Waals surface area contributed by atoms with Crippen molar-refractivity contribution in [3.63, 3.8) is 0 Å². The minimum atomic E-state index is -0.339. The topological polar surface area (TPSA) is 43.4 Å². The average molecular weight is 483 g/mol. The normalized spacial score (nSPS) is 23.7. The second-order valence-electron chi connectivity index (χ2n) is 10.5. The third-order valence-corrected chi connectivity index (χ3v) is 8.29. The van der Waals surface area contributed by atoms with Crippen LogP contribution in [-0.2, 0) is 22.4 Å². The maximum absolute atomic E-state index is 13.7. The maximum atomic E-state index is 13.7. The van der Waals surface area contributed by atoms with Crippen molar-refractivity contribution in [1.29, 1.82) is 0 Å². The number of Topliss-reactive ketones (excluding diaryl/α,β-unsaturated/α-hetero) is 1. The van der Waals surface area contributed by atoms with Crippen molar-refractivity contribution in [3.05, 3.63) is 107 Å². The summed E-state index contributed by atoms with van der Waals surface area (Å²) in [7, 11) is 0. The van der Waals surface area contributed by atoms with E-state index >= 15 is 0 Å². The number of hydrogen-bond donors (Lipinski definition) is 0. The Morgan fingerprint density at radius 2 is 1.47 bits per heavy atom. The van der Waals surface area contributed by atoms with Crippen LogP contribution in [0.5, 0.6) is 0 Å². The van der Waals surface area contributed by atoms with Crippen LogP contribution in [0.4, 0.5) is 0 Å². The first-order valence-corrected chi connectivity index (χ1v) is 13.3. The SMILES string of the molecule is CCc1ccccc1CC(C(=O)OC1C[N+]2(CC(=O)c3ccccc3)CCC1CC2)c1ccccc1. The van der Waals surface area contributed by atoms with Gasteiger partial charge in [-0.1, -0.05) is 91.9 Å². The molecule has 3 heterocycles. The molecule has 186 valence electrons. The molecular formula is C32H36NO3+. The Bertz CT molecular complexity index is 1180. The van der Waals surface area contributed by atoms with Crippen LogP contribution in [0, 0.1) is 5.92 Å². The van der Waals surface area contributed by atoms with Gasteiger partial charge in [-0.2, -0.15) is 0 Å². The van der Waals surface area contributed by atoms with E-state index in [1.165, 1.54) is 11.1 Å². The van der Waals surface area contributed by atoms with E-state index in [1.807, 2.05) is 66.7 Å². The second kappa shape index (κ2) is 10.8. The van der Waals surface area contributed by atoms with E-state index in [9.17, 15) is 9.59 Å². The molecule has 2 bridgehead atoms. The van der Waals surface area contributed by atoms with Gasteiger partial charge in [-0.25, -0.2) is 0 Å². The Labute approximate surface area is 214 Å². The van der Waals surface area contributed by atoms with Crippen LogP contribution < -0.4 is 0 Å². The third kappa shape index (κ3) is 5.29. The summed E-state index contributed by atoms with van der Waals surface area (Å²) in [5, 5.41) is 0. The van der Waals surface area contributed by atoms with Gasteiger partial charge in [-0.05, 0) is 29.5 Å². The zero-order valence-electron chi connectivity index (χ0n) is 21.1. The third-order valence-electron chi connectivity index (χ3n) is 8.29. The minimum absolute atomic E-state index is 0.129. The molecule has 0 saturated carbocycles. The molecule has 0 N–H and O–H groups in total. The predicted octanol–water partition coefficient (Wildman–Crippen LogP) is 5.61. The highest BCUT2D eigenvalue weighted by Crippen LogP contribution is 2.37. The predicted molar refractivity (Wildman–Crippen MR) is 142 cm³/mol. The van der Waals surface area contributed by atoms with Crippen molar-refractivity contribution in [2.24, 2.45) is 5.92 Å². The van der Waals surface area contributed by atoms with Gasteiger partial charge in [-0.3, -0.25) is 9.59 Å². The molecule has 0 radical (unpaired) electrons. The van der Waals surface area contributed by atoms with Crippen molar-refractivity contribution in [2.75, 3.05) is 26.2 Å². The largest absolute Gasteiger partial charge is 0.456 e. The number of ether oxygens (including phenoxy) is 1. The van der Waals surface area contributed by atoms with Crippen LogP contribution in [0.3, 0.4) is 0 Å². The van der Waals surface area contributed by atoms with Gasteiger partial charge in [0.15, 0.2) is 6.10 Å². The zero-order chi connectivity index (χ0) is 25.0. The van der Waals surface area contributed by atoms with Crippen LogP contribution >= 0.6 is 0 Å². The molecule has 0 aliphatic carbocycles. The van der Waals surface area contributed by atoms with E-state index in [-0.39, 0.29) is 23.8 Å². The summed E-state index contributed by atoms with van der Waals surface area (Å²) in [6.45, 7) is 5.35. The lowest BCUT2D eigenvalue weighted by Gasteiger charge is -2.51. The van der Waals surface area contributed by atoms with E-state index in [0.29, 0.717) is 18.9 Å². The van der Waals surface area contributed by atoms with E-state index < -0.39 is 0 Å². The molecule has 2 atom stereocenters. The van der Waals surface area contributed by atoms with Crippen molar-refractivity contribution in [2.45, 2.75) is 44.6 Å². The minimum Gasteiger partial charge on any atom is -0.456 e. The highest BCUT2D eigenvalue weighted by atomic mass is 16.5. The summed E-state index contributed by atoms with van der Waals surface area (Å²) in [4.78, 5) is 26.8. The fourth-order valence-corrected chi connectivity index (χ4v) is 6.17. The number of rotatable bonds is 9. The average Bonchev–Trinajstić information content (AvgIpc) is 2.93. The smallest absolute Gasteiger partial charge is 0.314 e. The Kier molecular flexibility index (Phi) is 7.33. The molecule has 36 heavy (non-hydrogen) atoms. The fraction of sp³-hybridized carbons (Fsp3) is 0.375. The van der Waals surface area contributed by atoms with Crippen molar-refractivity contribution in [1.82, 2.24) is 0 Å². The first-order chi connectivity index (χ1) is 17.6. The molecular weight excluding hydrogens is 446 g/mol. The summed E-state index contributed by atoms with van der Waals surface area (Å²) in [5.41, 5.74) is 4.25. The van der Waals surface area contributed by atoms with Gasteiger partial charge in [0.25, 0.3) is 0 Å². The Balaban J connectivity index is 1.33. The Hall–Kier alpha value is -3.24. The summed E-state index contributed by atoms with van der Waals surface area (Å²) in [6, 6.07) is 28.0. The molecule has 0 aromatic heterocycles. The lowest BCUT2D eigenvalue weighted by molar-refractivity contribution is -0.938. The lowest BCUT2D eigenvalue weighted by Crippen LogP contribution is -2.65. The summed E-state index contributed by atoms with van der Waals surface area (Å²) in [6.07, 6.45) is 3.46. The Morgan fingerprint density at radius 1 is 0.861 bits per heavy atom. The van der Waals surface area contributed by atoms with Gasteiger partial charge in [0, 0.05) is 24.3 Å².